The number of hydrogen-bond donors (Lipinski definition) is 1. The minimum atomic E-state index is 0.704. The van der Waals surface area contributed by atoms with Gasteiger partial charge in [0.1, 0.15) is 0 Å². The second-order valence-corrected chi connectivity index (χ2v) is 4.66. The first kappa shape index (κ1) is 11.6. The van der Waals surface area contributed by atoms with E-state index in [-0.39, 0.29) is 0 Å². The lowest BCUT2D eigenvalue weighted by molar-refractivity contribution is 0.185. The first-order chi connectivity index (χ1) is 7.88. The van der Waals surface area contributed by atoms with Crippen LogP contribution in [0.2, 0.25) is 0 Å². The molecule has 1 aromatic carbocycles. The molecular formula is C14H21NO. The van der Waals surface area contributed by atoms with E-state index < -0.39 is 0 Å². The van der Waals surface area contributed by atoms with E-state index in [9.17, 15) is 0 Å². The molecule has 0 unspecified atom stereocenters. The first-order valence-corrected chi connectivity index (χ1v) is 6.16. The predicted octanol–water partition coefficient (Wildman–Crippen LogP) is 2.72. The monoisotopic (exact) mass is 219 g/mol. The summed E-state index contributed by atoms with van der Waals surface area (Å²) in [5.74, 6) is 1.02. The molecule has 0 atom stereocenters. The molecule has 88 valence electrons. The van der Waals surface area contributed by atoms with E-state index in [2.05, 4.69) is 29.6 Å². The summed E-state index contributed by atoms with van der Waals surface area (Å²) in [6.07, 6.45) is 4.24. The summed E-state index contributed by atoms with van der Waals surface area (Å²) in [6.45, 7) is 2.83. The van der Waals surface area contributed by atoms with Gasteiger partial charge in [-0.05, 0) is 30.0 Å². The Bertz CT molecular complexity index is 320. The molecule has 2 heteroatoms. The Morgan fingerprint density at radius 1 is 1.31 bits per heavy atom. The maximum absolute atomic E-state index is 5.13. The molecule has 2 rings (SSSR count). The largest absolute Gasteiger partial charge is 0.380 e. The second kappa shape index (κ2) is 6.02. The van der Waals surface area contributed by atoms with Crippen LogP contribution in [-0.4, -0.2) is 13.7 Å². The van der Waals surface area contributed by atoms with Gasteiger partial charge in [-0.25, -0.2) is 0 Å². The Kier molecular flexibility index (Phi) is 4.37. The summed E-state index contributed by atoms with van der Waals surface area (Å²) in [6, 6.07) is 8.60. The fourth-order valence-electron chi connectivity index (χ4n) is 1.94. The van der Waals surface area contributed by atoms with E-state index >= 15 is 0 Å². The Morgan fingerprint density at radius 3 is 2.88 bits per heavy atom. The van der Waals surface area contributed by atoms with Crippen LogP contribution >= 0.6 is 0 Å². The van der Waals surface area contributed by atoms with Gasteiger partial charge in [-0.1, -0.05) is 37.1 Å². The van der Waals surface area contributed by atoms with Gasteiger partial charge < -0.3 is 10.1 Å². The molecular weight excluding hydrogens is 198 g/mol. The Morgan fingerprint density at radius 2 is 2.12 bits per heavy atom. The minimum absolute atomic E-state index is 0.704. The fourth-order valence-corrected chi connectivity index (χ4v) is 1.94. The van der Waals surface area contributed by atoms with Crippen molar-refractivity contribution >= 4 is 0 Å². The summed E-state index contributed by atoms with van der Waals surface area (Å²) >= 11 is 0. The molecule has 1 aliphatic carbocycles. The van der Waals surface area contributed by atoms with Crippen LogP contribution in [0, 0.1) is 5.92 Å². The van der Waals surface area contributed by atoms with Gasteiger partial charge in [-0.3, -0.25) is 0 Å². The van der Waals surface area contributed by atoms with E-state index in [1.54, 1.807) is 7.11 Å². The van der Waals surface area contributed by atoms with Gasteiger partial charge in [0.05, 0.1) is 6.61 Å². The molecule has 1 aromatic rings. The molecule has 1 N–H and O–H groups in total. The quantitative estimate of drug-likeness (QED) is 0.712. The van der Waals surface area contributed by atoms with Crippen molar-refractivity contribution in [2.45, 2.75) is 32.4 Å². The Hall–Kier alpha value is -0.860. The van der Waals surface area contributed by atoms with Crippen molar-refractivity contribution in [1.82, 2.24) is 5.32 Å². The van der Waals surface area contributed by atoms with Crippen molar-refractivity contribution in [2.75, 3.05) is 13.7 Å². The summed E-state index contributed by atoms with van der Waals surface area (Å²) in [7, 11) is 1.74. The van der Waals surface area contributed by atoms with Crippen LogP contribution in [0.5, 0.6) is 0 Å². The van der Waals surface area contributed by atoms with Gasteiger partial charge in [-0.2, -0.15) is 0 Å². The second-order valence-electron chi connectivity index (χ2n) is 4.66. The number of methoxy groups -OCH3 is 1. The number of rotatable bonds is 7. The normalized spacial score (nSPS) is 15.3. The van der Waals surface area contributed by atoms with Crippen molar-refractivity contribution < 1.29 is 4.74 Å². The van der Waals surface area contributed by atoms with Crippen LogP contribution in [0.4, 0.5) is 0 Å². The van der Waals surface area contributed by atoms with Crippen LogP contribution < -0.4 is 5.32 Å². The molecule has 0 radical (unpaired) electrons. The fraction of sp³-hybridized carbons (Fsp3) is 0.571. The molecule has 1 saturated carbocycles. The molecule has 2 nitrogen and oxygen atoms in total. The van der Waals surface area contributed by atoms with E-state index in [1.165, 1.54) is 30.4 Å². The highest BCUT2D eigenvalue weighted by molar-refractivity contribution is 5.22. The molecule has 16 heavy (non-hydrogen) atoms. The summed E-state index contributed by atoms with van der Waals surface area (Å²) in [5, 5.41) is 3.50. The number of nitrogens with one attached hydrogen (secondary N) is 1. The lowest BCUT2D eigenvalue weighted by Crippen LogP contribution is -2.15. The van der Waals surface area contributed by atoms with E-state index in [1.807, 2.05) is 0 Å². The average Bonchev–Trinajstić information content (AvgIpc) is 3.09. The third-order valence-corrected chi connectivity index (χ3v) is 3.06. The van der Waals surface area contributed by atoms with Crippen molar-refractivity contribution in [2.24, 2.45) is 5.92 Å². The van der Waals surface area contributed by atoms with Gasteiger partial charge in [0.25, 0.3) is 0 Å². The molecule has 0 bridgehead atoms. The molecule has 0 saturated heterocycles. The minimum Gasteiger partial charge on any atom is -0.380 e. The number of hydrogen-bond acceptors (Lipinski definition) is 2. The third-order valence-electron chi connectivity index (χ3n) is 3.06. The molecule has 0 aliphatic heterocycles. The van der Waals surface area contributed by atoms with Gasteiger partial charge in [0.2, 0.25) is 0 Å². The summed E-state index contributed by atoms with van der Waals surface area (Å²) < 4.78 is 5.13. The molecule has 0 heterocycles. The zero-order chi connectivity index (χ0) is 11.2. The number of benzene rings is 1. The zero-order valence-corrected chi connectivity index (χ0v) is 10.0. The van der Waals surface area contributed by atoms with Crippen LogP contribution in [0.3, 0.4) is 0 Å². The third kappa shape index (κ3) is 3.95. The topological polar surface area (TPSA) is 21.3 Å². The maximum Gasteiger partial charge on any atom is 0.0713 e. The highest BCUT2D eigenvalue weighted by atomic mass is 16.5. The number of ether oxygens (including phenoxy) is 1. The molecule has 0 spiro atoms. The smallest absolute Gasteiger partial charge is 0.0713 e. The van der Waals surface area contributed by atoms with Crippen molar-refractivity contribution in [1.29, 1.82) is 0 Å². The van der Waals surface area contributed by atoms with Gasteiger partial charge in [0, 0.05) is 13.7 Å². The Balaban J connectivity index is 1.71. The van der Waals surface area contributed by atoms with Crippen molar-refractivity contribution in [3.8, 4) is 0 Å². The predicted molar refractivity (Wildman–Crippen MR) is 66.2 cm³/mol. The summed E-state index contributed by atoms with van der Waals surface area (Å²) in [5.41, 5.74) is 2.61. The first-order valence-electron chi connectivity index (χ1n) is 6.16. The van der Waals surface area contributed by atoms with E-state index in [0.29, 0.717) is 6.61 Å². The molecule has 0 aromatic heterocycles. The van der Waals surface area contributed by atoms with Crippen LogP contribution in [0.25, 0.3) is 0 Å². The van der Waals surface area contributed by atoms with E-state index in [0.717, 1.165) is 19.0 Å². The van der Waals surface area contributed by atoms with Crippen LogP contribution in [0.15, 0.2) is 24.3 Å². The van der Waals surface area contributed by atoms with Crippen molar-refractivity contribution in [3.63, 3.8) is 0 Å². The van der Waals surface area contributed by atoms with Gasteiger partial charge in [0.15, 0.2) is 0 Å². The lowest BCUT2D eigenvalue weighted by atomic mass is 10.1. The molecule has 1 fully saturated rings. The highest BCUT2D eigenvalue weighted by Gasteiger charge is 2.19. The highest BCUT2D eigenvalue weighted by Crippen LogP contribution is 2.31. The standard InChI is InChI=1S/C14H21NO/c1-16-11-14-4-2-3-13(9-14)10-15-8-7-12-5-6-12/h2-4,9,12,15H,5-8,10-11H2,1H3. The Labute approximate surface area is 98.0 Å². The lowest BCUT2D eigenvalue weighted by Gasteiger charge is -2.06. The van der Waals surface area contributed by atoms with Gasteiger partial charge in [-0.15, -0.1) is 0 Å². The van der Waals surface area contributed by atoms with Crippen LogP contribution in [0.1, 0.15) is 30.4 Å². The van der Waals surface area contributed by atoms with Crippen molar-refractivity contribution in [3.05, 3.63) is 35.4 Å². The average molecular weight is 219 g/mol. The van der Waals surface area contributed by atoms with Gasteiger partial charge >= 0.3 is 0 Å². The van der Waals surface area contributed by atoms with E-state index in [4.69, 9.17) is 4.74 Å². The zero-order valence-electron chi connectivity index (χ0n) is 10.0. The van der Waals surface area contributed by atoms with Crippen LogP contribution in [-0.2, 0) is 17.9 Å². The molecule has 1 aliphatic rings. The SMILES string of the molecule is COCc1cccc(CNCCC2CC2)c1. The summed E-state index contributed by atoms with van der Waals surface area (Å²) in [4.78, 5) is 0. The maximum atomic E-state index is 5.13. The molecule has 0 amide bonds.